The molecule has 5 heteroatoms. The first-order chi connectivity index (χ1) is 8.44. The van der Waals surface area contributed by atoms with Gasteiger partial charge in [-0.05, 0) is 27.2 Å². The molecule has 0 N–H and O–H groups in total. The van der Waals surface area contributed by atoms with Gasteiger partial charge in [0.2, 0.25) is 0 Å². The lowest BCUT2D eigenvalue weighted by Crippen LogP contribution is -2.43. The lowest BCUT2D eigenvalue weighted by molar-refractivity contribution is -0.173. The van der Waals surface area contributed by atoms with Gasteiger partial charge in [0, 0.05) is 6.42 Å². The van der Waals surface area contributed by atoms with Gasteiger partial charge in [-0.2, -0.15) is 0 Å². The fraction of sp³-hybridized carbons (Fsp3) is 0.615. The molecule has 0 radical (unpaired) electrons. The maximum absolute atomic E-state index is 12.0. The second kappa shape index (κ2) is 7.63. The largest absolute Gasteiger partial charge is 0.465 e. The van der Waals surface area contributed by atoms with E-state index in [0.717, 1.165) is 0 Å². The summed E-state index contributed by atoms with van der Waals surface area (Å²) in [5, 5.41) is 0. The number of carbonyl (C=O) groups is 3. The minimum atomic E-state index is -1.60. The van der Waals surface area contributed by atoms with Crippen molar-refractivity contribution in [2.24, 2.45) is 5.41 Å². The summed E-state index contributed by atoms with van der Waals surface area (Å²) in [5.41, 5.74) is -1.60. The molecule has 0 unspecified atom stereocenters. The highest BCUT2D eigenvalue weighted by Crippen LogP contribution is 2.31. The third-order valence-electron chi connectivity index (χ3n) is 2.38. The van der Waals surface area contributed by atoms with Gasteiger partial charge in [0.25, 0.3) is 0 Å². The Morgan fingerprint density at radius 3 is 1.83 bits per heavy atom. The van der Waals surface area contributed by atoms with Crippen molar-refractivity contribution in [2.75, 3.05) is 13.2 Å². The normalized spacial score (nSPS) is 10.6. The van der Waals surface area contributed by atoms with Crippen LogP contribution in [0, 0.1) is 5.41 Å². The number of hydrogen-bond donors (Lipinski definition) is 0. The molecule has 0 saturated heterocycles. The van der Waals surface area contributed by atoms with E-state index >= 15 is 0 Å². The zero-order valence-electron chi connectivity index (χ0n) is 11.2. The average molecular weight is 256 g/mol. The van der Waals surface area contributed by atoms with Crippen LogP contribution in [-0.4, -0.2) is 30.9 Å². The molecule has 0 heterocycles. The molecule has 0 aromatic rings. The van der Waals surface area contributed by atoms with E-state index in [-0.39, 0.29) is 31.8 Å². The third-order valence-corrected chi connectivity index (χ3v) is 2.38. The number of allylic oxidation sites excluding steroid dienone is 1. The SMILES string of the molecule is C=CCC(CC(C)=O)(C(=O)OCC)C(=O)OCC. The molecule has 102 valence electrons. The van der Waals surface area contributed by atoms with E-state index in [9.17, 15) is 14.4 Å². The van der Waals surface area contributed by atoms with E-state index in [1.54, 1.807) is 13.8 Å². The van der Waals surface area contributed by atoms with Crippen molar-refractivity contribution in [2.45, 2.75) is 33.6 Å². The number of ether oxygens (including phenoxy) is 2. The zero-order chi connectivity index (χ0) is 14.2. The van der Waals surface area contributed by atoms with Gasteiger partial charge in [0.1, 0.15) is 5.78 Å². The van der Waals surface area contributed by atoms with Crippen molar-refractivity contribution < 1.29 is 23.9 Å². The Balaban J connectivity index is 5.38. The number of hydrogen-bond acceptors (Lipinski definition) is 5. The predicted octanol–water partition coefficient (Wildman–Crippen LogP) is 1.65. The molecule has 0 aromatic carbocycles. The Bertz CT molecular complexity index is 314. The van der Waals surface area contributed by atoms with Gasteiger partial charge in [-0.25, -0.2) is 0 Å². The molecule has 0 rings (SSSR count). The standard InChI is InChI=1S/C13H20O5/c1-5-8-13(9-10(4)14,11(15)17-6-2)12(16)18-7-3/h5H,1,6-9H2,2-4H3. The van der Waals surface area contributed by atoms with Crippen molar-refractivity contribution in [1.82, 2.24) is 0 Å². The number of rotatable bonds is 8. The quantitative estimate of drug-likeness (QED) is 0.375. The van der Waals surface area contributed by atoms with Crippen LogP contribution in [0.5, 0.6) is 0 Å². The molecule has 0 spiro atoms. The Kier molecular flexibility index (Phi) is 6.93. The van der Waals surface area contributed by atoms with Crippen LogP contribution < -0.4 is 0 Å². The van der Waals surface area contributed by atoms with Crippen molar-refractivity contribution in [3.05, 3.63) is 12.7 Å². The Morgan fingerprint density at radius 2 is 1.56 bits per heavy atom. The minimum Gasteiger partial charge on any atom is -0.465 e. The molecular formula is C13H20O5. The highest BCUT2D eigenvalue weighted by Gasteiger charge is 2.48. The van der Waals surface area contributed by atoms with E-state index in [2.05, 4.69) is 6.58 Å². The molecule has 0 fully saturated rings. The summed E-state index contributed by atoms with van der Waals surface area (Å²) >= 11 is 0. The molecule has 0 aliphatic rings. The van der Waals surface area contributed by atoms with E-state index in [1.165, 1.54) is 13.0 Å². The molecule has 0 atom stereocenters. The van der Waals surface area contributed by atoms with Crippen molar-refractivity contribution in [3.63, 3.8) is 0 Å². The maximum Gasteiger partial charge on any atom is 0.324 e. The van der Waals surface area contributed by atoms with Gasteiger partial charge in [-0.15, -0.1) is 6.58 Å². The smallest absolute Gasteiger partial charge is 0.324 e. The fourth-order valence-electron chi connectivity index (χ4n) is 1.68. The van der Waals surface area contributed by atoms with E-state index in [0.29, 0.717) is 0 Å². The van der Waals surface area contributed by atoms with Crippen LogP contribution in [0.4, 0.5) is 0 Å². The van der Waals surface area contributed by atoms with Crippen molar-refractivity contribution in [1.29, 1.82) is 0 Å². The molecule has 18 heavy (non-hydrogen) atoms. The van der Waals surface area contributed by atoms with E-state index in [4.69, 9.17) is 9.47 Å². The lowest BCUT2D eigenvalue weighted by Gasteiger charge is -2.26. The van der Waals surface area contributed by atoms with Gasteiger partial charge in [0.15, 0.2) is 5.41 Å². The van der Waals surface area contributed by atoms with Gasteiger partial charge in [-0.1, -0.05) is 6.08 Å². The molecule has 0 aromatic heterocycles. The topological polar surface area (TPSA) is 69.7 Å². The first kappa shape index (κ1) is 16.4. The molecular weight excluding hydrogens is 236 g/mol. The third kappa shape index (κ3) is 3.98. The van der Waals surface area contributed by atoms with Gasteiger partial charge in [0.05, 0.1) is 13.2 Å². The first-order valence-corrected chi connectivity index (χ1v) is 5.89. The molecule has 5 nitrogen and oxygen atoms in total. The van der Waals surface area contributed by atoms with Crippen LogP contribution in [0.3, 0.4) is 0 Å². The Labute approximate surface area is 107 Å². The summed E-state index contributed by atoms with van der Waals surface area (Å²) in [6.45, 7) is 8.36. The summed E-state index contributed by atoms with van der Waals surface area (Å²) < 4.78 is 9.78. The van der Waals surface area contributed by atoms with Crippen LogP contribution in [0.25, 0.3) is 0 Å². The van der Waals surface area contributed by atoms with E-state index in [1.807, 2.05) is 0 Å². The number of carbonyl (C=O) groups excluding carboxylic acids is 3. The van der Waals surface area contributed by atoms with Crippen molar-refractivity contribution >= 4 is 17.7 Å². The highest BCUT2D eigenvalue weighted by molar-refractivity contribution is 6.03. The van der Waals surface area contributed by atoms with E-state index < -0.39 is 17.4 Å². The highest BCUT2D eigenvalue weighted by atomic mass is 16.6. The van der Waals surface area contributed by atoms with Crippen LogP contribution in [0.1, 0.15) is 33.6 Å². The first-order valence-electron chi connectivity index (χ1n) is 5.89. The van der Waals surface area contributed by atoms with Gasteiger partial charge in [-0.3, -0.25) is 14.4 Å². The zero-order valence-corrected chi connectivity index (χ0v) is 11.2. The summed E-state index contributed by atoms with van der Waals surface area (Å²) in [4.78, 5) is 35.3. The average Bonchev–Trinajstić information content (AvgIpc) is 2.28. The van der Waals surface area contributed by atoms with Crippen LogP contribution in [-0.2, 0) is 23.9 Å². The number of esters is 2. The van der Waals surface area contributed by atoms with Crippen LogP contribution >= 0.6 is 0 Å². The molecule has 0 aliphatic carbocycles. The van der Waals surface area contributed by atoms with Crippen molar-refractivity contribution in [3.8, 4) is 0 Å². The van der Waals surface area contributed by atoms with Gasteiger partial charge >= 0.3 is 11.9 Å². The molecule has 0 bridgehead atoms. The Hall–Kier alpha value is -1.65. The second-order valence-corrected chi connectivity index (χ2v) is 3.89. The molecule has 0 amide bonds. The van der Waals surface area contributed by atoms with Crippen LogP contribution in [0.15, 0.2) is 12.7 Å². The number of Topliss-reactive ketones (excluding diaryl/α,β-unsaturated/α-hetero) is 1. The summed E-state index contributed by atoms with van der Waals surface area (Å²) in [6, 6.07) is 0. The Morgan fingerprint density at radius 1 is 1.11 bits per heavy atom. The summed E-state index contributed by atoms with van der Waals surface area (Å²) in [5.74, 6) is -1.75. The lowest BCUT2D eigenvalue weighted by atomic mass is 9.79. The maximum atomic E-state index is 12.0. The monoisotopic (exact) mass is 256 g/mol. The predicted molar refractivity (Wildman–Crippen MR) is 65.8 cm³/mol. The molecule has 0 saturated carbocycles. The number of ketones is 1. The second-order valence-electron chi connectivity index (χ2n) is 3.89. The minimum absolute atomic E-state index is 0.0181. The van der Waals surface area contributed by atoms with Crippen LogP contribution in [0.2, 0.25) is 0 Å². The molecule has 0 aliphatic heterocycles. The fourth-order valence-corrected chi connectivity index (χ4v) is 1.68. The summed E-state index contributed by atoms with van der Waals surface area (Å²) in [7, 11) is 0. The van der Waals surface area contributed by atoms with Gasteiger partial charge < -0.3 is 9.47 Å². The summed E-state index contributed by atoms with van der Waals surface area (Å²) in [6.07, 6.45) is 1.19.